The van der Waals surface area contributed by atoms with Crippen molar-refractivity contribution < 1.29 is 8.78 Å². The number of piperidine rings is 1. The van der Waals surface area contributed by atoms with Gasteiger partial charge in [-0.3, -0.25) is 0 Å². The third-order valence-electron chi connectivity index (χ3n) is 8.09. The smallest absolute Gasteiger partial charge is 0.123 e. The predicted octanol–water partition coefficient (Wildman–Crippen LogP) is 7.05. The van der Waals surface area contributed by atoms with Gasteiger partial charge in [0.2, 0.25) is 0 Å². The lowest BCUT2D eigenvalue weighted by atomic mass is 9.86. The number of thioether (sulfide) groups is 1. The van der Waals surface area contributed by atoms with Crippen LogP contribution in [0.2, 0.25) is 0 Å². The van der Waals surface area contributed by atoms with Crippen LogP contribution in [0.25, 0.3) is 0 Å². The quantitative estimate of drug-likeness (QED) is 0.366. The summed E-state index contributed by atoms with van der Waals surface area (Å²) in [6.07, 6.45) is 4.51. The summed E-state index contributed by atoms with van der Waals surface area (Å²) in [5, 5.41) is 0. The van der Waals surface area contributed by atoms with Gasteiger partial charge in [-0.15, -0.1) is 11.8 Å². The minimum atomic E-state index is -0.221. The molecule has 182 valence electrons. The van der Waals surface area contributed by atoms with E-state index in [0.29, 0.717) is 12.0 Å². The van der Waals surface area contributed by atoms with Gasteiger partial charge in [0.25, 0.3) is 0 Å². The molecule has 1 saturated heterocycles. The van der Waals surface area contributed by atoms with E-state index in [1.165, 1.54) is 60.0 Å². The zero-order chi connectivity index (χ0) is 23.8. The second kappa shape index (κ2) is 9.94. The van der Waals surface area contributed by atoms with Crippen molar-refractivity contribution in [2.24, 2.45) is 0 Å². The summed E-state index contributed by atoms with van der Waals surface area (Å²) in [4.78, 5) is 6.85. The van der Waals surface area contributed by atoms with Gasteiger partial charge in [0, 0.05) is 42.4 Å². The van der Waals surface area contributed by atoms with E-state index in [1.54, 1.807) is 5.56 Å². The Morgan fingerprint density at radius 1 is 0.886 bits per heavy atom. The number of likely N-dealkylation sites (tertiary alicyclic amines) is 1. The van der Waals surface area contributed by atoms with Crippen LogP contribution in [0.5, 0.6) is 0 Å². The van der Waals surface area contributed by atoms with Gasteiger partial charge in [-0.1, -0.05) is 36.4 Å². The highest BCUT2D eigenvalue weighted by atomic mass is 32.2. The maximum atomic E-state index is 13.6. The van der Waals surface area contributed by atoms with Gasteiger partial charge >= 0.3 is 0 Å². The molecule has 0 bridgehead atoms. The molecule has 3 aromatic rings. The van der Waals surface area contributed by atoms with Crippen molar-refractivity contribution in [3.05, 3.63) is 95.1 Å². The summed E-state index contributed by atoms with van der Waals surface area (Å²) < 4.78 is 27.1. The second-order valence-electron chi connectivity index (χ2n) is 10.2. The van der Waals surface area contributed by atoms with E-state index in [2.05, 4.69) is 28.0 Å². The van der Waals surface area contributed by atoms with Crippen LogP contribution in [-0.2, 0) is 0 Å². The van der Waals surface area contributed by atoms with Crippen molar-refractivity contribution in [1.29, 1.82) is 0 Å². The number of anilines is 1. The van der Waals surface area contributed by atoms with Crippen LogP contribution in [0.3, 0.4) is 0 Å². The number of hydrogen-bond acceptors (Lipinski definition) is 3. The fourth-order valence-corrected chi connectivity index (χ4v) is 7.49. The molecule has 35 heavy (non-hydrogen) atoms. The van der Waals surface area contributed by atoms with E-state index in [-0.39, 0.29) is 17.6 Å². The highest BCUT2D eigenvalue weighted by Gasteiger charge is 2.43. The molecule has 2 nitrogen and oxygen atoms in total. The van der Waals surface area contributed by atoms with Crippen molar-refractivity contribution in [1.82, 2.24) is 4.90 Å². The molecule has 1 fully saturated rings. The Hall–Kier alpha value is -2.37. The van der Waals surface area contributed by atoms with Crippen molar-refractivity contribution in [3.8, 4) is 0 Å². The van der Waals surface area contributed by atoms with E-state index >= 15 is 0 Å². The molecule has 5 heteroatoms. The van der Waals surface area contributed by atoms with Gasteiger partial charge in [0.1, 0.15) is 11.6 Å². The van der Waals surface area contributed by atoms with Crippen molar-refractivity contribution in [2.75, 3.05) is 36.8 Å². The summed E-state index contributed by atoms with van der Waals surface area (Å²) >= 11 is 2.03. The standard InChI is InChI=1S/C30H32F2N2S/c31-23-11-7-21(8-12-23)25(22-9-13-24(32)14-10-22)5-2-16-33-18-15-28-27(20-33)26-4-1-6-29-30(26)34(28)17-3-19-35-29/h1,4,6-14,25,27-28H,2-3,5,15-20H2. The molecule has 0 saturated carbocycles. The molecule has 0 aromatic heterocycles. The molecule has 0 aliphatic carbocycles. The summed E-state index contributed by atoms with van der Waals surface area (Å²) in [7, 11) is 0. The molecule has 3 heterocycles. The fraction of sp³-hybridized carbons (Fsp3) is 0.400. The minimum absolute atomic E-state index is 0.147. The van der Waals surface area contributed by atoms with Gasteiger partial charge in [0.15, 0.2) is 0 Å². The molecule has 3 aliphatic heterocycles. The Labute approximate surface area is 211 Å². The van der Waals surface area contributed by atoms with Gasteiger partial charge in [-0.25, -0.2) is 8.78 Å². The Kier molecular flexibility index (Phi) is 6.55. The number of halogens is 2. The largest absolute Gasteiger partial charge is 0.367 e. The Bertz CT molecular complexity index is 1120. The highest BCUT2D eigenvalue weighted by Crippen LogP contribution is 2.50. The van der Waals surface area contributed by atoms with Crippen molar-refractivity contribution in [3.63, 3.8) is 0 Å². The first kappa shape index (κ1) is 23.1. The van der Waals surface area contributed by atoms with Crippen LogP contribution >= 0.6 is 11.8 Å². The number of nitrogens with zero attached hydrogens (tertiary/aromatic N) is 2. The van der Waals surface area contributed by atoms with E-state index in [0.717, 1.165) is 43.6 Å². The molecule has 0 N–H and O–H groups in total. The molecular weight excluding hydrogens is 458 g/mol. The Balaban J connectivity index is 1.15. The fourth-order valence-electron chi connectivity index (χ4n) is 6.45. The minimum Gasteiger partial charge on any atom is -0.367 e. The molecule has 3 aromatic carbocycles. The van der Waals surface area contributed by atoms with Gasteiger partial charge < -0.3 is 9.80 Å². The third kappa shape index (κ3) is 4.61. The van der Waals surface area contributed by atoms with Crippen LogP contribution in [0, 0.1) is 11.6 Å². The Morgan fingerprint density at radius 3 is 2.31 bits per heavy atom. The molecule has 0 radical (unpaired) electrons. The molecule has 0 amide bonds. The first-order valence-corrected chi connectivity index (χ1v) is 13.9. The summed E-state index contributed by atoms with van der Waals surface area (Å²) in [6, 6.07) is 21.2. The summed E-state index contributed by atoms with van der Waals surface area (Å²) in [5.74, 6) is 1.53. The predicted molar refractivity (Wildman–Crippen MR) is 141 cm³/mol. The molecular formula is C30H32F2N2S. The zero-order valence-corrected chi connectivity index (χ0v) is 20.8. The molecule has 6 rings (SSSR count). The number of para-hydroxylation sites is 1. The third-order valence-corrected chi connectivity index (χ3v) is 9.22. The number of rotatable bonds is 6. The van der Waals surface area contributed by atoms with Crippen LogP contribution in [0.15, 0.2) is 71.6 Å². The maximum absolute atomic E-state index is 13.6. The number of fused-ring (bicyclic) bond motifs is 3. The lowest BCUT2D eigenvalue weighted by molar-refractivity contribution is 0.189. The van der Waals surface area contributed by atoms with E-state index in [1.807, 2.05) is 36.0 Å². The van der Waals surface area contributed by atoms with Crippen LogP contribution in [0.1, 0.15) is 54.2 Å². The number of hydrogen-bond donors (Lipinski definition) is 0. The lowest BCUT2D eigenvalue weighted by Crippen LogP contribution is -2.46. The van der Waals surface area contributed by atoms with Gasteiger partial charge in [-0.2, -0.15) is 0 Å². The van der Waals surface area contributed by atoms with E-state index in [4.69, 9.17) is 0 Å². The monoisotopic (exact) mass is 490 g/mol. The normalized spacial score (nSPS) is 21.6. The topological polar surface area (TPSA) is 6.48 Å². The maximum Gasteiger partial charge on any atom is 0.123 e. The van der Waals surface area contributed by atoms with Crippen molar-refractivity contribution in [2.45, 2.75) is 48.5 Å². The van der Waals surface area contributed by atoms with Crippen LogP contribution in [-0.4, -0.2) is 42.9 Å². The van der Waals surface area contributed by atoms with Crippen LogP contribution < -0.4 is 4.90 Å². The van der Waals surface area contributed by atoms with Crippen LogP contribution in [0.4, 0.5) is 14.5 Å². The van der Waals surface area contributed by atoms with Gasteiger partial charge in [0.05, 0.1) is 5.69 Å². The molecule has 2 unspecified atom stereocenters. The van der Waals surface area contributed by atoms with E-state index in [9.17, 15) is 8.78 Å². The summed E-state index contributed by atoms with van der Waals surface area (Å²) in [5.41, 5.74) is 5.27. The Morgan fingerprint density at radius 2 is 1.60 bits per heavy atom. The molecule has 2 atom stereocenters. The SMILES string of the molecule is Fc1ccc(C(CCCN2CCC3C(C2)c2cccc4c2N3CCCS4)c2ccc(F)cc2)cc1. The first-order valence-electron chi connectivity index (χ1n) is 12.9. The zero-order valence-electron chi connectivity index (χ0n) is 20.0. The molecule has 0 spiro atoms. The first-order chi connectivity index (χ1) is 17.2. The second-order valence-corrected chi connectivity index (χ2v) is 11.3. The average Bonchev–Trinajstić information content (AvgIpc) is 3.03. The summed E-state index contributed by atoms with van der Waals surface area (Å²) in [6.45, 7) is 4.52. The average molecular weight is 491 g/mol. The molecule has 3 aliphatic rings. The van der Waals surface area contributed by atoms with Gasteiger partial charge in [-0.05, 0) is 85.0 Å². The highest BCUT2D eigenvalue weighted by molar-refractivity contribution is 7.99. The van der Waals surface area contributed by atoms with E-state index < -0.39 is 0 Å². The van der Waals surface area contributed by atoms with Crippen molar-refractivity contribution >= 4 is 17.4 Å². The number of benzene rings is 3. The lowest BCUT2D eigenvalue weighted by Gasteiger charge is -2.39.